The number of nitrogen functional groups attached to an aromatic ring is 1. The second-order valence-corrected chi connectivity index (χ2v) is 4.06. The number of nitrogens with one attached hydrogen (secondary N) is 1. The molecule has 0 atom stereocenters. The fraction of sp³-hybridized carbons (Fsp3) is 0.143. The Balaban J connectivity index is 2.11. The highest BCUT2D eigenvalue weighted by atomic mass is 15.0. The Labute approximate surface area is 106 Å². The van der Waals surface area contributed by atoms with Crippen molar-refractivity contribution in [1.29, 1.82) is 5.26 Å². The molecule has 0 aliphatic carbocycles. The summed E-state index contributed by atoms with van der Waals surface area (Å²) in [4.78, 5) is 4.33. The molecule has 0 spiro atoms. The van der Waals surface area contributed by atoms with E-state index in [2.05, 4.69) is 16.4 Å². The van der Waals surface area contributed by atoms with Crippen molar-refractivity contribution in [3.8, 4) is 6.07 Å². The zero-order chi connectivity index (χ0) is 13.0. The van der Waals surface area contributed by atoms with E-state index in [9.17, 15) is 0 Å². The number of nitrogens with zero attached hydrogens (tertiary/aromatic N) is 2. The predicted molar refractivity (Wildman–Crippen MR) is 71.9 cm³/mol. The minimum Gasteiger partial charge on any atom is -0.396 e. The molecule has 1 aromatic carbocycles. The van der Waals surface area contributed by atoms with Crippen LogP contribution < -0.4 is 11.1 Å². The Morgan fingerprint density at radius 3 is 2.94 bits per heavy atom. The summed E-state index contributed by atoms with van der Waals surface area (Å²) in [5, 5.41) is 12.0. The Morgan fingerprint density at radius 2 is 2.17 bits per heavy atom. The van der Waals surface area contributed by atoms with Gasteiger partial charge in [0.25, 0.3) is 0 Å². The van der Waals surface area contributed by atoms with Gasteiger partial charge < -0.3 is 11.1 Å². The summed E-state index contributed by atoms with van der Waals surface area (Å²) in [5.74, 6) is 0.678. The molecule has 0 fully saturated rings. The van der Waals surface area contributed by atoms with Gasteiger partial charge in [-0.05, 0) is 36.8 Å². The van der Waals surface area contributed by atoms with E-state index in [0.29, 0.717) is 23.6 Å². The molecule has 0 bridgehead atoms. The van der Waals surface area contributed by atoms with E-state index >= 15 is 0 Å². The first-order valence-electron chi connectivity index (χ1n) is 5.65. The van der Waals surface area contributed by atoms with Gasteiger partial charge in [-0.2, -0.15) is 5.26 Å². The zero-order valence-electron chi connectivity index (χ0n) is 10.1. The number of anilines is 2. The molecule has 2 rings (SSSR count). The quantitative estimate of drug-likeness (QED) is 0.861. The molecule has 0 radical (unpaired) electrons. The average Bonchev–Trinajstić information content (AvgIpc) is 2.40. The van der Waals surface area contributed by atoms with Gasteiger partial charge in [-0.3, -0.25) is 0 Å². The first kappa shape index (κ1) is 11.9. The second-order valence-electron chi connectivity index (χ2n) is 4.06. The van der Waals surface area contributed by atoms with Crippen molar-refractivity contribution in [3.05, 3.63) is 53.2 Å². The minimum absolute atomic E-state index is 0.593. The summed E-state index contributed by atoms with van der Waals surface area (Å²) in [5.41, 5.74) is 9.05. The molecule has 3 N–H and O–H groups in total. The van der Waals surface area contributed by atoms with Crippen molar-refractivity contribution in [2.45, 2.75) is 13.5 Å². The number of pyridine rings is 1. The molecule has 0 aliphatic rings. The summed E-state index contributed by atoms with van der Waals surface area (Å²) in [7, 11) is 0. The average molecular weight is 238 g/mol. The Hall–Kier alpha value is -2.54. The molecule has 18 heavy (non-hydrogen) atoms. The van der Waals surface area contributed by atoms with Gasteiger partial charge in [0.15, 0.2) is 0 Å². The van der Waals surface area contributed by atoms with E-state index < -0.39 is 0 Å². The summed E-state index contributed by atoms with van der Waals surface area (Å²) in [6, 6.07) is 13.3. The minimum atomic E-state index is 0.593. The van der Waals surface area contributed by atoms with Crippen molar-refractivity contribution in [2.24, 2.45) is 0 Å². The van der Waals surface area contributed by atoms with Crippen LogP contribution in [0.5, 0.6) is 0 Å². The zero-order valence-corrected chi connectivity index (χ0v) is 10.1. The maximum absolute atomic E-state index is 8.83. The summed E-state index contributed by atoms with van der Waals surface area (Å²) >= 11 is 0. The third kappa shape index (κ3) is 2.77. The maximum atomic E-state index is 8.83. The van der Waals surface area contributed by atoms with E-state index in [1.54, 1.807) is 6.07 Å². The third-order valence-corrected chi connectivity index (χ3v) is 2.58. The van der Waals surface area contributed by atoms with Crippen molar-refractivity contribution < 1.29 is 0 Å². The van der Waals surface area contributed by atoms with Gasteiger partial charge in [-0.15, -0.1) is 0 Å². The molecular weight excluding hydrogens is 224 g/mol. The van der Waals surface area contributed by atoms with Gasteiger partial charge in [0.2, 0.25) is 0 Å². The first-order chi connectivity index (χ1) is 8.69. The second kappa shape index (κ2) is 5.19. The fourth-order valence-electron chi connectivity index (χ4n) is 1.65. The number of benzene rings is 1. The topological polar surface area (TPSA) is 74.7 Å². The van der Waals surface area contributed by atoms with Crippen LogP contribution in [0.15, 0.2) is 36.4 Å². The number of hydrogen-bond acceptors (Lipinski definition) is 4. The fourth-order valence-corrected chi connectivity index (χ4v) is 1.65. The van der Waals surface area contributed by atoms with E-state index in [0.717, 1.165) is 11.3 Å². The van der Waals surface area contributed by atoms with Crippen LogP contribution in [0, 0.1) is 18.3 Å². The third-order valence-electron chi connectivity index (χ3n) is 2.58. The predicted octanol–water partition coefficient (Wildman–Crippen LogP) is 2.46. The molecule has 0 amide bonds. The number of aromatic nitrogens is 1. The number of rotatable bonds is 3. The van der Waals surface area contributed by atoms with Crippen molar-refractivity contribution in [1.82, 2.24) is 4.98 Å². The van der Waals surface area contributed by atoms with Gasteiger partial charge in [0.1, 0.15) is 5.82 Å². The van der Waals surface area contributed by atoms with Gasteiger partial charge in [-0.25, -0.2) is 4.98 Å². The molecule has 4 nitrogen and oxygen atoms in total. The van der Waals surface area contributed by atoms with E-state index in [-0.39, 0.29) is 0 Å². The number of hydrogen-bond donors (Lipinski definition) is 2. The molecule has 90 valence electrons. The van der Waals surface area contributed by atoms with Crippen LogP contribution in [-0.4, -0.2) is 4.98 Å². The SMILES string of the molecule is Cc1ccc(N)c(NCc2cccc(C#N)c2)n1. The summed E-state index contributed by atoms with van der Waals surface area (Å²) in [6.45, 7) is 2.51. The van der Waals surface area contributed by atoms with Gasteiger partial charge in [0.05, 0.1) is 17.3 Å². The van der Waals surface area contributed by atoms with Crippen LogP contribution in [-0.2, 0) is 6.54 Å². The smallest absolute Gasteiger partial charge is 0.149 e. The maximum Gasteiger partial charge on any atom is 0.149 e. The van der Waals surface area contributed by atoms with E-state index in [4.69, 9.17) is 11.0 Å². The number of aryl methyl sites for hydroxylation is 1. The van der Waals surface area contributed by atoms with Crippen molar-refractivity contribution >= 4 is 11.5 Å². The van der Waals surface area contributed by atoms with E-state index in [1.807, 2.05) is 37.3 Å². The van der Waals surface area contributed by atoms with Crippen molar-refractivity contribution in [2.75, 3.05) is 11.1 Å². The lowest BCUT2D eigenvalue weighted by molar-refractivity contribution is 1.09. The molecule has 0 saturated carbocycles. The molecule has 0 saturated heterocycles. The van der Waals surface area contributed by atoms with E-state index in [1.165, 1.54) is 0 Å². The van der Waals surface area contributed by atoms with Crippen LogP contribution in [0.3, 0.4) is 0 Å². The normalized spacial score (nSPS) is 9.78. The first-order valence-corrected chi connectivity index (χ1v) is 5.65. The van der Waals surface area contributed by atoms with Crippen LogP contribution in [0.4, 0.5) is 11.5 Å². The molecule has 4 heteroatoms. The molecule has 2 aromatic rings. The van der Waals surface area contributed by atoms with Crippen LogP contribution >= 0.6 is 0 Å². The van der Waals surface area contributed by atoms with Crippen LogP contribution in [0.25, 0.3) is 0 Å². The molecule has 1 aromatic heterocycles. The summed E-state index contributed by atoms with van der Waals surface area (Å²) < 4.78 is 0. The lowest BCUT2D eigenvalue weighted by Gasteiger charge is -2.09. The highest BCUT2D eigenvalue weighted by molar-refractivity contribution is 5.61. The Kier molecular flexibility index (Phi) is 3.44. The van der Waals surface area contributed by atoms with Gasteiger partial charge in [-0.1, -0.05) is 12.1 Å². The Bertz CT molecular complexity index is 599. The van der Waals surface area contributed by atoms with Gasteiger partial charge >= 0.3 is 0 Å². The summed E-state index contributed by atoms with van der Waals surface area (Å²) in [6.07, 6.45) is 0. The molecule has 1 heterocycles. The molecule has 0 unspecified atom stereocenters. The monoisotopic (exact) mass is 238 g/mol. The standard InChI is InChI=1S/C14H14N4/c1-10-5-6-13(16)14(18-10)17-9-12-4-2-3-11(7-12)8-15/h2-7H,9,16H2,1H3,(H,17,18). The largest absolute Gasteiger partial charge is 0.396 e. The number of nitriles is 1. The van der Waals surface area contributed by atoms with Crippen LogP contribution in [0.1, 0.15) is 16.8 Å². The van der Waals surface area contributed by atoms with Crippen molar-refractivity contribution in [3.63, 3.8) is 0 Å². The highest BCUT2D eigenvalue weighted by Crippen LogP contribution is 2.16. The highest BCUT2D eigenvalue weighted by Gasteiger charge is 2.01. The number of nitrogens with two attached hydrogens (primary N) is 1. The molecule has 0 aliphatic heterocycles. The van der Waals surface area contributed by atoms with Crippen LogP contribution in [0.2, 0.25) is 0 Å². The lowest BCUT2D eigenvalue weighted by Crippen LogP contribution is -2.05. The Morgan fingerprint density at radius 1 is 1.33 bits per heavy atom. The lowest BCUT2D eigenvalue weighted by atomic mass is 10.1. The molecular formula is C14H14N4. The van der Waals surface area contributed by atoms with Gasteiger partial charge in [0, 0.05) is 12.2 Å².